The van der Waals surface area contributed by atoms with Gasteiger partial charge >= 0.3 is 5.69 Å². The number of hydrogen-bond acceptors (Lipinski definition) is 2. The smallest absolute Gasteiger partial charge is 0.301 e. The van der Waals surface area contributed by atoms with Gasteiger partial charge in [-0.15, -0.1) is 0 Å². The third kappa shape index (κ3) is 1.08. The van der Waals surface area contributed by atoms with Crippen molar-refractivity contribution in [2.24, 2.45) is 7.05 Å². The normalized spacial score (nSPS) is 10.6. The molecule has 1 heterocycles. The molecular weight excluding hydrogens is 180 g/mol. The van der Waals surface area contributed by atoms with Gasteiger partial charge in [-0.05, 0) is 12.1 Å². The Morgan fingerprint density at radius 1 is 1.29 bits per heavy atom. The molecule has 4 nitrogen and oxygen atoms in total. The first-order valence-corrected chi connectivity index (χ1v) is 4.33. The van der Waals surface area contributed by atoms with Crippen molar-refractivity contribution in [1.29, 1.82) is 0 Å². The summed E-state index contributed by atoms with van der Waals surface area (Å²) in [5, 5.41) is 0. The van der Waals surface area contributed by atoms with Gasteiger partial charge in [0.05, 0.1) is 17.6 Å². The van der Waals surface area contributed by atoms with Gasteiger partial charge in [-0.25, -0.2) is 4.79 Å². The maximum absolute atomic E-state index is 11.6. The van der Waals surface area contributed by atoms with E-state index in [1.165, 1.54) is 4.57 Å². The van der Waals surface area contributed by atoms with Crippen LogP contribution in [0.1, 0.15) is 0 Å². The zero-order valence-corrected chi connectivity index (χ0v) is 7.80. The standard InChI is InChI=1S/C10H10N2O2/c1-11-8-4-2-3-5-9(8)12(6-7-13)10(11)14/h2-5,7H,6H2,1H3. The zero-order valence-electron chi connectivity index (χ0n) is 7.80. The van der Waals surface area contributed by atoms with Gasteiger partial charge in [-0.1, -0.05) is 12.1 Å². The van der Waals surface area contributed by atoms with Crippen LogP contribution in [0.25, 0.3) is 11.0 Å². The second kappa shape index (κ2) is 3.14. The molecule has 2 rings (SSSR count). The van der Waals surface area contributed by atoms with Crippen LogP contribution in [0.4, 0.5) is 0 Å². The number of hydrogen-bond donors (Lipinski definition) is 0. The lowest BCUT2D eigenvalue weighted by molar-refractivity contribution is -0.108. The summed E-state index contributed by atoms with van der Waals surface area (Å²) in [6.45, 7) is 0.111. The molecule has 1 aromatic heterocycles. The highest BCUT2D eigenvalue weighted by Gasteiger charge is 2.08. The minimum absolute atomic E-state index is 0.111. The van der Waals surface area contributed by atoms with Crippen molar-refractivity contribution in [3.05, 3.63) is 34.7 Å². The summed E-state index contributed by atoms with van der Waals surface area (Å²) >= 11 is 0. The van der Waals surface area contributed by atoms with Crippen LogP contribution in [-0.2, 0) is 18.4 Å². The third-order valence-electron chi connectivity index (χ3n) is 2.31. The number of carbonyl (C=O) groups excluding carboxylic acids is 1. The lowest BCUT2D eigenvalue weighted by Crippen LogP contribution is -2.22. The highest BCUT2D eigenvalue weighted by molar-refractivity contribution is 5.76. The van der Waals surface area contributed by atoms with Gasteiger partial charge in [0.1, 0.15) is 6.29 Å². The molecule has 1 aromatic carbocycles. The second-order valence-corrected chi connectivity index (χ2v) is 3.11. The highest BCUT2D eigenvalue weighted by atomic mass is 16.2. The first-order valence-electron chi connectivity index (χ1n) is 4.33. The topological polar surface area (TPSA) is 44.0 Å². The van der Waals surface area contributed by atoms with Crippen LogP contribution in [0.3, 0.4) is 0 Å². The Balaban J connectivity index is 2.87. The van der Waals surface area contributed by atoms with Crippen LogP contribution >= 0.6 is 0 Å². The molecular formula is C10H10N2O2. The largest absolute Gasteiger partial charge is 0.329 e. The van der Waals surface area contributed by atoms with E-state index in [0.29, 0.717) is 0 Å². The molecule has 0 bridgehead atoms. The van der Waals surface area contributed by atoms with Gasteiger partial charge in [0, 0.05) is 7.05 Å². The van der Waals surface area contributed by atoms with Crippen molar-refractivity contribution in [2.75, 3.05) is 0 Å². The molecule has 4 heteroatoms. The minimum atomic E-state index is -0.154. The number of para-hydroxylation sites is 2. The van der Waals surface area contributed by atoms with E-state index in [1.54, 1.807) is 11.6 Å². The fourth-order valence-corrected chi connectivity index (χ4v) is 1.61. The Morgan fingerprint density at radius 3 is 2.57 bits per heavy atom. The van der Waals surface area contributed by atoms with E-state index in [-0.39, 0.29) is 12.2 Å². The lowest BCUT2D eigenvalue weighted by Gasteiger charge is -1.94. The monoisotopic (exact) mass is 190 g/mol. The van der Waals surface area contributed by atoms with Crippen LogP contribution in [0.5, 0.6) is 0 Å². The van der Waals surface area contributed by atoms with Crippen molar-refractivity contribution in [3.63, 3.8) is 0 Å². The first kappa shape index (κ1) is 8.74. The van der Waals surface area contributed by atoms with Crippen LogP contribution < -0.4 is 5.69 Å². The Kier molecular flexibility index (Phi) is 1.96. The maximum Gasteiger partial charge on any atom is 0.329 e. The van der Waals surface area contributed by atoms with Crippen LogP contribution in [-0.4, -0.2) is 15.4 Å². The van der Waals surface area contributed by atoms with Crippen molar-refractivity contribution >= 4 is 17.3 Å². The fraction of sp³-hybridized carbons (Fsp3) is 0.200. The molecule has 0 radical (unpaired) electrons. The van der Waals surface area contributed by atoms with E-state index in [0.717, 1.165) is 17.3 Å². The Bertz CT molecular complexity index is 537. The van der Waals surface area contributed by atoms with Crippen molar-refractivity contribution < 1.29 is 4.79 Å². The van der Waals surface area contributed by atoms with Gasteiger partial charge in [0.2, 0.25) is 0 Å². The Labute approximate surface area is 80.4 Å². The molecule has 14 heavy (non-hydrogen) atoms. The van der Waals surface area contributed by atoms with E-state index in [4.69, 9.17) is 0 Å². The molecule has 72 valence electrons. The molecule has 0 aliphatic heterocycles. The van der Waals surface area contributed by atoms with E-state index >= 15 is 0 Å². The molecule has 0 atom stereocenters. The molecule has 0 saturated heterocycles. The lowest BCUT2D eigenvalue weighted by atomic mass is 10.3. The molecule has 0 spiro atoms. The average Bonchev–Trinajstić information content (AvgIpc) is 2.45. The summed E-state index contributed by atoms with van der Waals surface area (Å²) < 4.78 is 3.00. The average molecular weight is 190 g/mol. The Hall–Kier alpha value is -1.84. The number of aromatic nitrogens is 2. The molecule has 0 aliphatic rings. The van der Waals surface area contributed by atoms with Crippen molar-refractivity contribution in [1.82, 2.24) is 9.13 Å². The second-order valence-electron chi connectivity index (χ2n) is 3.11. The summed E-state index contributed by atoms with van der Waals surface area (Å²) in [4.78, 5) is 22.1. The van der Waals surface area contributed by atoms with E-state index in [2.05, 4.69) is 0 Å². The van der Waals surface area contributed by atoms with Gasteiger partial charge in [0.15, 0.2) is 0 Å². The fourth-order valence-electron chi connectivity index (χ4n) is 1.61. The summed E-state index contributed by atoms with van der Waals surface area (Å²) in [6.07, 6.45) is 0.730. The number of aryl methyl sites for hydroxylation is 1. The number of aldehydes is 1. The zero-order chi connectivity index (χ0) is 10.1. The third-order valence-corrected chi connectivity index (χ3v) is 2.31. The quantitative estimate of drug-likeness (QED) is 0.649. The van der Waals surface area contributed by atoms with E-state index in [1.807, 2.05) is 24.3 Å². The van der Waals surface area contributed by atoms with Gasteiger partial charge < -0.3 is 4.79 Å². The highest BCUT2D eigenvalue weighted by Crippen LogP contribution is 2.10. The summed E-state index contributed by atoms with van der Waals surface area (Å²) in [6, 6.07) is 7.41. The number of nitrogens with zero attached hydrogens (tertiary/aromatic N) is 2. The van der Waals surface area contributed by atoms with Crippen LogP contribution in [0, 0.1) is 0 Å². The minimum Gasteiger partial charge on any atom is -0.301 e. The number of fused-ring (bicyclic) bond motifs is 1. The van der Waals surface area contributed by atoms with Gasteiger partial charge in [-0.2, -0.15) is 0 Å². The maximum atomic E-state index is 11.6. The van der Waals surface area contributed by atoms with Gasteiger partial charge in [0.25, 0.3) is 0 Å². The predicted molar refractivity (Wildman–Crippen MR) is 53.2 cm³/mol. The number of benzene rings is 1. The molecule has 0 saturated carbocycles. The summed E-state index contributed by atoms with van der Waals surface area (Å²) in [5.74, 6) is 0. The number of rotatable bonds is 2. The number of imidazole rings is 1. The SMILES string of the molecule is Cn1c(=O)n(CC=O)c2ccccc21. The molecule has 0 aliphatic carbocycles. The van der Waals surface area contributed by atoms with Gasteiger partial charge in [-0.3, -0.25) is 9.13 Å². The summed E-state index contributed by atoms with van der Waals surface area (Å²) in [7, 11) is 1.70. The Morgan fingerprint density at radius 2 is 1.93 bits per heavy atom. The molecule has 0 unspecified atom stereocenters. The van der Waals surface area contributed by atoms with E-state index < -0.39 is 0 Å². The van der Waals surface area contributed by atoms with E-state index in [9.17, 15) is 9.59 Å². The van der Waals surface area contributed by atoms with Crippen LogP contribution in [0.15, 0.2) is 29.1 Å². The first-order chi connectivity index (χ1) is 6.75. The van der Waals surface area contributed by atoms with Crippen molar-refractivity contribution in [2.45, 2.75) is 6.54 Å². The summed E-state index contributed by atoms with van der Waals surface area (Å²) in [5.41, 5.74) is 1.49. The van der Waals surface area contributed by atoms with Crippen molar-refractivity contribution in [3.8, 4) is 0 Å². The molecule has 0 N–H and O–H groups in total. The molecule has 0 amide bonds. The predicted octanol–water partition coefficient (Wildman–Crippen LogP) is 0.539. The number of carbonyl (C=O) groups is 1. The molecule has 2 aromatic rings. The molecule has 0 fully saturated rings. The van der Waals surface area contributed by atoms with Crippen LogP contribution in [0.2, 0.25) is 0 Å².